The van der Waals surface area contributed by atoms with Crippen molar-refractivity contribution in [3.05, 3.63) is 23.8 Å². The van der Waals surface area contributed by atoms with E-state index in [2.05, 4.69) is 34.3 Å². The first-order valence-corrected chi connectivity index (χ1v) is 10.5. The van der Waals surface area contributed by atoms with Crippen molar-refractivity contribution in [2.75, 3.05) is 30.3 Å². The van der Waals surface area contributed by atoms with Crippen molar-refractivity contribution in [1.29, 1.82) is 0 Å². The number of aromatic nitrogens is 2. The average Bonchev–Trinajstić information content (AvgIpc) is 3.11. The van der Waals surface area contributed by atoms with E-state index in [1.165, 1.54) is 17.6 Å². The number of amides is 1. The Bertz CT molecular complexity index is 694. The first kappa shape index (κ1) is 19.7. The summed E-state index contributed by atoms with van der Waals surface area (Å²) in [4.78, 5) is 13.5. The van der Waals surface area contributed by atoms with E-state index in [1.807, 2.05) is 13.0 Å². The Balaban J connectivity index is 1.50. The zero-order valence-corrected chi connectivity index (χ0v) is 17.0. The van der Waals surface area contributed by atoms with Crippen molar-refractivity contribution < 1.29 is 9.53 Å². The number of carbonyl (C=O) groups is 1. The first-order valence-electron chi connectivity index (χ1n) is 9.71. The molecule has 1 aliphatic heterocycles. The highest BCUT2D eigenvalue weighted by Gasteiger charge is 2.24. The van der Waals surface area contributed by atoms with Crippen LogP contribution in [0.4, 0.5) is 15.1 Å². The van der Waals surface area contributed by atoms with Crippen LogP contribution in [0.5, 0.6) is 0 Å². The van der Waals surface area contributed by atoms with Crippen molar-refractivity contribution >= 4 is 27.7 Å². The molecule has 7 nitrogen and oxygen atoms in total. The van der Waals surface area contributed by atoms with E-state index in [1.54, 1.807) is 16.2 Å². The maximum absolute atomic E-state index is 11.8. The van der Waals surface area contributed by atoms with Gasteiger partial charge in [0.25, 0.3) is 0 Å². The normalized spacial score (nSPS) is 21.1. The second-order valence-corrected chi connectivity index (χ2v) is 8.00. The molecular formula is C19H29N5O2S. The maximum Gasteiger partial charge on any atom is 0.409 e. The fourth-order valence-corrected chi connectivity index (χ4v) is 4.44. The van der Waals surface area contributed by atoms with Gasteiger partial charge in [-0.05, 0) is 57.1 Å². The highest BCUT2D eigenvalue weighted by molar-refractivity contribution is 7.19. The summed E-state index contributed by atoms with van der Waals surface area (Å²) >= 11 is 1.55. The molecule has 0 aromatic carbocycles. The lowest BCUT2D eigenvalue weighted by molar-refractivity contribution is 0.0983. The number of piperidine rings is 1. The van der Waals surface area contributed by atoms with Gasteiger partial charge in [-0.25, -0.2) is 4.79 Å². The number of carbonyl (C=O) groups excluding carboxylic acids is 1. The molecule has 0 radical (unpaired) electrons. The van der Waals surface area contributed by atoms with Gasteiger partial charge in [0.1, 0.15) is 0 Å². The Morgan fingerprint density at radius 3 is 2.67 bits per heavy atom. The predicted octanol–water partition coefficient (Wildman–Crippen LogP) is 4.04. The molecule has 2 aliphatic rings. The van der Waals surface area contributed by atoms with Crippen LogP contribution in [-0.2, 0) is 4.74 Å². The molecule has 1 fully saturated rings. The first-order chi connectivity index (χ1) is 13.1. The van der Waals surface area contributed by atoms with Crippen LogP contribution in [0.3, 0.4) is 0 Å². The van der Waals surface area contributed by atoms with Gasteiger partial charge in [0, 0.05) is 25.2 Å². The largest absolute Gasteiger partial charge is 0.450 e. The SMILES string of the molecule is C=CC1=C(C)C(Nc2nnc(NC3CCN(C(=O)OCC)CC3)s2)CCC1. The lowest BCUT2D eigenvalue weighted by Gasteiger charge is -2.31. The number of ether oxygens (including phenoxy) is 1. The Morgan fingerprint density at radius 2 is 2.00 bits per heavy atom. The summed E-state index contributed by atoms with van der Waals surface area (Å²) in [7, 11) is 0. The van der Waals surface area contributed by atoms with Gasteiger partial charge in [-0.1, -0.05) is 24.0 Å². The number of rotatable bonds is 6. The number of likely N-dealkylation sites (tertiary alicyclic amines) is 1. The van der Waals surface area contributed by atoms with Gasteiger partial charge in [-0.2, -0.15) is 0 Å². The lowest BCUT2D eigenvalue weighted by Crippen LogP contribution is -2.42. The van der Waals surface area contributed by atoms with Gasteiger partial charge in [0.15, 0.2) is 0 Å². The van der Waals surface area contributed by atoms with Crippen molar-refractivity contribution in [1.82, 2.24) is 15.1 Å². The second kappa shape index (κ2) is 9.21. The Labute approximate surface area is 164 Å². The fourth-order valence-electron chi connectivity index (χ4n) is 3.66. The van der Waals surface area contributed by atoms with Crippen molar-refractivity contribution in [2.24, 2.45) is 0 Å². The maximum atomic E-state index is 11.8. The van der Waals surface area contributed by atoms with Gasteiger partial charge in [-0.3, -0.25) is 0 Å². The standard InChI is InChI=1S/C19H29N5O2S/c1-4-14-7-6-8-16(13(14)3)21-18-23-22-17(27-18)20-15-9-11-24(12-10-15)19(25)26-5-2/h4,15-16H,1,5-12H2,2-3H3,(H,20,22)(H,21,23). The molecule has 1 saturated heterocycles. The van der Waals surface area contributed by atoms with Crippen LogP contribution in [0.15, 0.2) is 23.8 Å². The molecule has 0 bridgehead atoms. The number of allylic oxidation sites excluding steroid dienone is 2. The third-order valence-corrected chi connectivity index (χ3v) is 6.07. The highest BCUT2D eigenvalue weighted by Crippen LogP contribution is 2.30. The molecule has 148 valence electrons. The number of nitrogens with zero attached hydrogens (tertiary/aromatic N) is 3. The van der Waals surface area contributed by atoms with E-state index in [4.69, 9.17) is 4.74 Å². The van der Waals surface area contributed by atoms with Crippen LogP contribution in [0.2, 0.25) is 0 Å². The van der Waals surface area contributed by atoms with Gasteiger partial charge >= 0.3 is 6.09 Å². The number of hydrogen-bond acceptors (Lipinski definition) is 7. The van der Waals surface area contributed by atoms with Gasteiger partial charge < -0.3 is 20.3 Å². The minimum atomic E-state index is -0.215. The van der Waals surface area contributed by atoms with Crippen molar-refractivity contribution in [3.8, 4) is 0 Å². The van der Waals surface area contributed by atoms with E-state index in [0.717, 1.165) is 35.9 Å². The summed E-state index contributed by atoms with van der Waals surface area (Å²) in [6, 6.07) is 0.612. The van der Waals surface area contributed by atoms with E-state index >= 15 is 0 Å². The number of nitrogens with one attached hydrogen (secondary N) is 2. The molecule has 1 aromatic heterocycles. The van der Waals surface area contributed by atoms with E-state index in [9.17, 15) is 4.79 Å². The molecular weight excluding hydrogens is 362 g/mol. The van der Waals surface area contributed by atoms with E-state index in [-0.39, 0.29) is 6.09 Å². The Kier molecular flexibility index (Phi) is 6.71. The third-order valence-electron chi connectivity index (χ3n) is 5.29. The van der Waals surface area contributed by atoms with Crippen LogP contribution < -0.4 is 10.6 Å². The molecule has 0 spiro atoms. The summed E-state index contributed by atoms with van der Waals surface area (Å²) in [5.41, 5.74) is 2.70. The van der Waals surface area contributed by atoms with Crippen LogP contribution in [0.1, 0.15) is 46.0 Å². The molecule has 1 unspecified atom stereocenters. The number of hydrogen-bond donors (Lipinski definition) is 2. The molecule has 27 heavy (non-hydrogen) atoms. The minimum Gasteiger partial charge on any atom is -0.450 e. The zero-order chi connectivity index (χ0) is 19.2. The zero-order valence-electron chi connectivity index (χ0n) is 16.2. The molecule has 8 heteroatoms. The molecule has 1 aliphatic carbocycles. The van der Waals surface area contributed by atoms with Crippen molar-refractivity contribution in [3.63, 3.8) is 0 Å². The van der Waals surface area contributed by atoms with Crippen molar-refractivity contribution in [2.45, 2.75) is 58.0 Å². The minimum absolute atomic E-state index is 0.215. The highest BCUT2D eigenvalue weighted by atomic mass is 32.1. The fraction of sp³-hybridized carbons (Fsp3) is 0.632. The topological polar surface area (TPSA) is 79.4 Å². The molecule has 1 atom stereocenters. The molecule has 1 amide bonds. The van der Waals surface area contributed by atoms with Crippen LogP contribution in [0.25, 0.3) is 0 Å². The molecule has 2 N–H and O–H groups in total. The quantitative estimate of drug-likeness (QED) is 0.762. The van der Waals surface area contributed by atoms with Crippen LogP contribution in [0, 0.1) is 0 Å². The van der Waals surface area contributed by atoms with E-state index < -0.39 is 0 Å². The van der Waals surface area contributed by atoms with Crippen LogP contribution >= 0.6 is 11.3 Å². The van der Waals surface area contributed by atoms with Gasteiger partial charge in [0.05, 0.1) is 6.61 Å². The number of anilines is 2. The summed E-state index contributed by atoms with van der Waals surface area (Å²) in [5.74, 6) is 0. The second-order valence-electron chi connectivity index (χ2n) is 7.02. The monoisotopic (exact) mass is 391 g/mol. The Hall–Kier alpha value is -2.09. The summed E-state index contributed by atoms with van der Waals surface area (Å²) in [5, 5.41) is 17.2. The smallest absolute Gasteiger partial charge is 0.409 e. The average molecular weight is 392 g/mol. The Morgan fingerprint density at radius 1 is 1.30 bits per heavy atom. The van der Waals surface area contributed by atoms with Gasteiger partial charge in [-0.15, -0.1) is 10.2 Å². The third kappa shape index (κ3) is 5.00. The lowest BCUT2D eigenvalue weighted by atomic mass is 9.89. The summed E-state index contributed by atoms with van der Waals surface area (Å²) < 4.78 is 5.06. The summed E-state index contributed by atoms with van der Waals surface area (Å²) in [6.07, 6.45) is 6.91. The molecule has 1 aromatic rings. The molecule has 2 heterocycles. The molecule has 0 saturated carbocycles. The summed E-state index contributed by atoms with van der Waals surface area (Å²) in [6.45, 7) is 9.75. The molecule has 3 rings (SSSR count). The van der Waals surface area contributed by atoms with E-state index in [0.29, 0.717) is 31.8 Å². The van der Waals surface area contributed by atoms with Gasteiger partial charge in [0.2, 0.25) is 10.3 Å². The van der Waals surface area contributed by atoms with Crippen LogP contribution in [-0.4, -0.2) is 53.0 Å². The predicted molar refractivity (Wildman–Crippen MR) is 109 cm³/mol.